The Morgan fingerprint density at radius 3 is 2.00 bits per heavy atom. The molecule has 0 heterocycles. The van der Waals surface area contributed by atoms with Gasteiger partial charge in [-0.1, -0.05) is 18.2 Å². The van der Waals surface area contributed by atoms with Crippen LogP contribution in [0.1, 0.15) is 32.6 Å². The van der Waals surface area contributed by atoms with Gasteiger partial charge in [0.25, 0.3) is 0 Å². The summed E-state index contributed by atoms with van der Waals surface area (Å²) in [4.78, 5) is -1.27. The van der Waals surface area contributed by atoms with Crippen LogP contribution >= 0.6 is 0 Å². The summed E-state index contributed by atoms with van der Waals surface area (Å²) in [5.41, 5.74) is 0. The van der Waals surface area contributed by atoms with Gasteiger partial charge in [-0.3, -0.25) is 0 Å². The van der Waals surface area contributed by atoms with Gasteiger partial charge in [-0.15, -0.1) is 0 Å². The van der Waals surface area contributed by atoms with E-state index in [1.165, 1.54) is 12.1 Å². The smallest absolute Gasteiger partial charge is 0.207 e. The third-order valence-corrected chi connectivity index (χ3v) is 7.08. The Kier molecular flexibility index (Phi) is 5.61. The Labute approximate surface area is 146 Å². The summed E-state index contributed by atoms with van der Waals surface area (Å²) in [6.07, 6.45) is 2.88. The lowest BCUT2D eigenvalue weighted by atomic mass is 10.4. The van der Waals surface area contributed by atoms with Crippen LogP contribution in [0.2, 0.25) is 19.6 Å². The molecule has 0 atom stereocenters. The first-order chi connectivity index (χ1) is 11.0. The largest absolute Gasteiger partial charge is 0.391 e. The third kappa shape index (κ3) is 4.89. The van der Waals surface area contributed by atoms with Crippen molar-refractivity contribution in [2.24, 2.45) is 0 Å². The summed E-state index contributed by atoms with van der Waals surface area (Å²) in [5.74, 6) is -0.154. The summed E-state index contributed by atoms with van der Waals surface area (Å²) < 4.78 is 34.8. The highest BCUT2D eigenvalue weighted by Crippen LogP contribution is 2.44. The molecule has 0 aliphatic heterocycles. The van der Waals surface area contributed by atoms with Crippen LogP contribution in [0, 0.1) is 0 Å². The Morgan fingerprint density at radius 1 is 1.08 bits per heavy atom. The summed E-state index contributed by atoms with van der Waals surface area (Å²) in [5, 5.41) is 9.52. The molecule has 2 fully saturated rings. The molecule has 7 heteroatoms. The van der Waals surface area contributed by atoms with Crippen molar-refractivity contribution in [1.82, 2.24) is 0 Å². The molecule has 136 valence electrons. The highest BCUT2D eigenvalue weighted by Gasteiger charge is 2.53. The van der Waals surface area contributed by atoms with Crippen LogP contribution in [0.4, 0.5) is 0 Å². The minimum atomic E-state index is -3.51. The summed E-state index contributed by atoms with van der Waals surface area (Å²) in [6, 6.07) is 8.06. The lowest BCUT2D eigenvalue weighted by molar-refractivity contribution is -0.106. The number of ether oxygens (including phenoxy) is 1. The van der Waals surface area contributed by atoms with Crippen LogP contribution in [-0.2, 0) is 19.0 Å². The summed E-state index contributed by atoms with van der Waals surface area (Å²) in [6.45, 7) is 9.39. The van der Waals surface area contributed by atoms with Crippen LogP contribution in [0.5, 0.6) is 0 Å². The highest BCUT2D eigenvalue weighted by atomic mass is 32.2. The van der Waals surface area contributed by atoms with Crippen LogP contribution in [0.3, 0.4) is 0 Å². The maximum Gasteiger partial charge on any atom is 0.207 e. The van der Waals surface area contributed by atoms with Gasteiger partial charge in [0.15, 0.2) is 19.0 Å². The van der Waals surface area contributed by atoms with E-state index in [4.69, 9.17) is 9.16 Å². The number of sulfone groups is 1. The maximum absolute atomic E-state index is 11.7. The zero-order chi connectivity index (χ0) is 18.1. The van der Waals surface area contributed by atoms with Crippen molar-refractivity contribution in [3.05, 3.63) is 30.3 Å². The quantitative estimate of drug-likeness (QED) is 0.613. The van der Waals surface area contributed by atoms with E-state index < -0.39 is 23.1 Å². The topological polar surface area (TPSA) is 72.8 Å². The number of benzene rings is 1. The van der Waals surface area contributed by atoms with Crippen molar-refractivity contribution in [3.8, 4) is 0 Å². The minimum Gasteiger partial charge on any atom is -0.391 e. The highest BCUT2D eigenvalue weighted by molar-refractivity contribution is 7.93. The molecule has 1 aromatic rings. The second-order valence-corrected chi connectivity index (χ2v) is 14.0. The van der Waals surface area contributed by atoms with Crippen LogP contribution in [0.25, 0.3) is 0 Å². The fraction of sp³-hybridized carbons (Fsp3) is 0.647. The molecular formula is C17H28O5SSi. The van der Waals surface area contributed by atoms with Crippen molar-refractivity contribution in [2.75, 3.05) is 6.61 Å². The number of aliphatic hydroxyl groups is 1. The molecule has 5 nitrogen and oxygen atoms in total. The molecule has 0 aromatic heterocycles. The normalized spacial score (nSPS) is 20.7. The average Bonchev–Trinajstić information content (AvgIpc) is 3.40. The average molecular weight is 373 g/mol. The van der Waals surface area contributed by atoms with Crippen molar-refractivity contribution in [3.63, 3.8) is 0 Å². The van der Waals surface area contributed by atoms with Gasteiger partial charge in [0.1, 0.15) is 0 Å². The third-order valence-electron chi connectivity index (χ3n) is 3.79. The fourth-order valence-corrected chi connectivity index (χ4v) is 5.37. The fourth-order valence-electron chi connectivity index (χ4n) is 2.39. The van der Waals surface area contributed by atoms with E-state index in [-0.39, 0.29) is 10.7 Å². The molecule has 1 N–H and O–H groups in total. The number of hydrogen-bond donors (Lipinski definition) is 1. The SMILES string of the molecule is CCOC1(O[Si](C)(C)C)CC1.O=S(=O)(c1ccccc1)C1(O)CC1. The van der Waals surface area contributed by atoms with Crippen LogP contribution in [-0.4, -0.2) is 39.2 Å². The number of rotatable bonds is 6. The molecule has 0 bridgehead atoms. The maximum atomic E-state index is 11.7. The van der Waals surface area contributed by atoms with E-state index in [1.807, 2.05) is 6.92 Å². The predicted molar refractivity (Wildman–Crippen MR) is 95.8 cm³/mol. The van der Waals surface area contributed by atoms with E-state index in [2.05, 4.69) is 19.6 Å². The lowest BCUT2D eigenvalue weighted by Gasteiger charge is -2.25. The van der Waals surface area contributed by atoms with E-state index in [0.29, 0.717) is 12.8 Å². The first-order valence-electron chi connectivity index (χ1n) is 8.40. The Balaban J connectivity index is 0.000000177. The van der Waals surface area contributed by atoms with Gasteiger partial charge in [-0.2, -0.15) is 0 Å². The Morgan fingerprint density at radius 2 is 1.62 bits per heavy atom. The molecule has 24 heavy (non-hydrogen) atoms. The second-order valence-electron chi connectivity index (χ2n) is 7.32. The molecule has 3 rings (SSSR count). The molecule has 2 aliphatic carbocycles. The minimum absolute atomic E-state index is 0.154. The van der Waals surface area contributed by atoms with Gasteiger partial charge in [-0.05, 0) is 51.5 Å². The monoisotopic (exact) mass is 372 g/mol. The van der Waals surface area contributed by atoms with Crippen molar-refractivity contribution >= 4 is 18.2 Å². The first kappa shape index (κ1) is 19.6. The molecule has 0 amide bonds. The summed E-state index contributed by atoms with van der Waals surface area (Å²) >= 11 is 0. The first-order valence-corrected chi connectivity index (χ1v) is 13.3. The number of hydrogen-bond acceptors (Lipinski definition) is 5. The Bertz CT molecular complexity index is 643. The van der Waals surface area contributed by atoms with E-state index in [1.54, 1.807) is 18.2 Å². The van der Waals surface area contributed by atoms with Crippen molar-refractivity contribution in [1.29, 1.82) is 0 Å². The van der Waals surface area contributed by atoms with Gasteiger partial charge in [0, 0.05) is 19.4 Å². The molecular weight excluding hydrogens is 344 g/mol. The molecule has 2 aliphatic rings. The van der Waals surface area contributed by atoms with Gasteiger partial charge < -0.3 is 14.3 Å². The van der Waals surface area contributed by atoms with Gasteiger partial charge in [0.05, 0.1) is 4.90 Å². The van der Waals surface area contributed by atoms with Gasteiger partial charge in [0.2, 0.25) is 9.84 Å². The van der Waals surface area contributed by atoms with Crippen LogP contribution < -0.4 is 0 Å². The van der Waals surface area contributed by atoms with Crippen molar-refractivity contribution in [2.45, 2.75) is 67.9 Å². The zero-order valence-electron chi connectivity index (χ0n) is 14.9. The molecule has 0 saturated heterocycles. The van der Waals surface area contributed by atoms with E-state index >= 15 is 0 Å². The van der Waals surface area contributed by atoms with E-state index in [0.717, 1.165) is 19.4 Å². The second kappa shape index (κ2) is 6.88. The standard InChI is InChI=1S/C9H10O3S.C8H18O2Si/c10-9(6-7-9)13(11,12)8-4-2-1-3-5-8;1-5-9-8(6-7-8)10-11(2,3)4/h1-5,10H,6-7H2;5-7H2,1-4H3. The Hall–Kier alpha value is -0.733. The lowest BCUT2D eigenvalue weighted by Crippen LogP contribution is -2.34. The predicted octanol–water partition coefficient (Wildman–Crippen LogP) is 3.31. The van der Waals surface area contributed by atoms with Gasteiger partial charge >= 0.3 is 0 Å². The molecule has 0 unspecified atom stereocenters. The van der Waals surface area contributed by atoms with Crippen LogP contribution in [0.15, 0.2) is 35.2 Å². The van der Waals surface area contributed by atoms with E-state index in [9.17, 15) is 13.5 Å². The molecule has 0 radical (unpaired) electrons. The van der Waals surface area contributed by atoms with Crippen molar-refractivity contribution < 1.29 is 22.7 Å². The molecule has 1 aromatic carbocycles. The molecule has 0 spiro atoms. The zero-order valence-corrected chi connectivity index (χ0v) is 16.7. The van der Waals surface area contributed by atoms with Gasteiger partial charge in [-0.25, -0.2) is 8.42 Å². The summed E-state index contributed by atoms with van der Waals surface area (Å²) in [7, 11) is -4.90. The molecule has 2 saturated carbocycles.